The first kappa shape index (κ1) is 14.0. The Bertz CT molecular complexity index is 467. The molecule has 0 spiro atoms. The van der Waals surface area contributed by atoms with Gasteiger partial charge in [-0.2, -0.15) is 21.6 Å². The van der Waals surface area contributed by atoms with Crippen LogP contribution in [0.2, 0.25) is 0 Å². The maximum Gasteiger partial charge on any atom is 0.523 e. The summed E-state index contributed by atoms with van der Waals surface area (Å²) in [4.78, 5) is 3.73. The zero-order valence-corrected chi connectivity index (χ0v) is 9.75. The minimum absolute atomic E-state index is 0.139. The molecule has 0 aliphatic carbocycles. The van der Waals surface area contributed by atoms with Crippen molar-refractivity contribution in [3.8, 4) is 0 Å². The minimum Gasteiger partial charge on any atom is -0.333 e. The molecule has 0 radical (unpaired) electrons. The Morgan fingerprint density at radius 3 is 2.65 bits per heavy atom. The van der Waals surface area contributed by atoms with Crippen molar-refractivity contribution in [2.45, 2.75) is 32.0 Å². The van der Waals surface area contributed by atoms with Crippen LogP contribution in [0.4, 0.5) is 13.2 Å². The van der Waals surface area contributed by atoms with Gasteiger partial charge in [-0.05, 0) is 6.42 Å². The predicted molar refractivity (Wildman–Crippen MR) is 52.3 cm³/mol. The Hall–Kier alpha value is -1.09. The lowest BCUT2D eigenvalue weighted by atomic mass is 10.4. The first-order chi connectivity index (χ1) is 7.78. The van der Waals surface area contributed by atoms with Gasteiger partial charge in [-0.15, -0.1) is 0 Å². The van der Waals surface area contributed by atoms with Gasteiger partial charge in [0.25, 0.3) is 0 Å². The monoisotopic (exact) mass is 272 g/mol. The number of nitrogens with zero attached hydrogens (tertiary/aromatic N) is 2. The summed E-state index contributed by atoms with van der Waals surface area (Å²) in [6.45, 7) is 1.68. The van der Waals surface area contributed by atoms with Crippen molar-refractivity contribution in [1.29, 1.82) is 0 Å². The molecule has 0 aliphatic heterocycles. The van der Waals surface area contributed by atoms with Crippen molar-refractivity contribution in [3.63, 3.8) is 0 Å². The fraction of sp³-hybridized carbons (Fsp3) is 0.625. The van der Waals surface area contributed by atoms with Gasteiger partial charge >= 0.3 is 15.6 Å². The molecule has 0 fully saturated rings. The van der Waals surface area contributed by atoms with E-state index in [1.807, 2.05) is 6.92 Å². The first-order valence-corrected chi connectivity index (χ1v) is 6.14. The van der Waals surface area contributed by atoms with Gasteiger partial charge in [-0.1, -0.05) is 6.92 Å². The minimum atomic E-state index is -5.56. The van der Waals surface area contributed by atoms with Crippen molar-refractivity contribution in [3.05, 3.63) is 18.2 Å². The van der Waals surface area contributed by atoms with E-state index in [4.69, 9.17) is 0 Å². The number of aryl methyl sites for hydroxylation is 1. The highest BCUT2D eigenvalue weighted by Crippen LogP contribution is 2.25. The summed E-state index contributed by atoms with van der Waals surface area (Å²) in [5.41, 5.74) is -5.41. The van der Waals surface area contributed by atoms with Crippen LogP contribution in [0.1, 0.15) is 19.2 Å². The number of hydrogen-bond acceptors (Lipinski definition) is 4. The van der Waals surface area contributed by atoms with E-state index in [2.05, 4.69) is 9.17 Å². The number of hydrogen-bond donors (Lipinski definition) is 0. The quantitative estimate of drug-likeness (QED) is 0.604. The molecule has 0 saturated carbocycles. The molecule has 9 heteroatoms. The highest BCUT2D eigenvalue weighted by molar-refractivity contribution is 7.87. The standard InChI is InChI=1S/C8H11F3N2O3S/c1-2-4-13-5-3-12-7(13)6-16-17(14,15)8(9,10)11/h3,5H,2,4,6H2,1H3. The molecule has 1 aromatic rings. The number of halogens is 3. The second-order valence-electron chi connectivity index (χ2n) is 3.20. The second-order valence-corrected chi connectivity index (χ2v) is 4.81. The average Bonchev–Trinajstić information content (AvgIpc) is 2.61. The van der Waals surface area contributed by atoms with Crippen LogP contribution in [0.25, 0.3) is 0 Å². The van der Waals surface area contributed by atoms with Crippen LogP contribution < -0.4 is 0 Å². The summed E-state index contributed by atoms with van der Waals surface area (Å²) < 4.78 is 62.6. The molecular weight excluding hydrogens is 261 g/mol. The van der Waals surface area contributed by atoms with E-state index in [1.54, 1.807) is 6.20 Å². The largest absolute Gasteiger partial charge is 0.523 e. The molecular formula is C8H11F3N2O3S. The molecule has 1 aromatic heterocycles. The zero-order chi connectivity index (χ0) is 13.1. The Balaban J connectivity index is 2.71. The van der Waals surface area contributed by atoms with E-state index in [-0.39, 0.29) is 5.82 Å². The van der Waals surface area contributed by atoms with E-state index < -0.39 is 22.2 Å². The fourth-order valence-corrected chi connectivity index (χ4v) is 1.52. The van der Waals surface area contributed by atoms with Crippen LogP contribution in [0.5, 0.6) is 0 Å². The van der Waals surface area contributed by atoms with Crippen molar-refractivity contribution >= 4 is 10.1 Å². The summed E-state index contributed by atoms with van der Waals surface area (Å²) in [6.07, 6.45) is 3.66. The Morgan fingerprint density at radius 2 is 2.12 bits per heavy atom. The molecule has 0 amide bonds. The van der Waals surface area contributed by atoms with Gasteiger partial charge < -0.3 is 4.57 Å². The molecule has 1 heterocycles. The molecule has 0 saturated heterocycles. The maximum atomic E-state index is 12.0. The third-order valence-corrected chi connectivity index (χ3v) is 2.89. The average molecular weight is 272 g/mol. The van der Waals surface area contributed by atoms with Gasteiger partial charge in [-0.25, -0.2) is 4.98 Å². The van der Waals surface area contributed by atoms with E-state index >= 15 is 0 Å². The summed E-state index contributed by atoms with van der Waals surface area (Å²) >= 11 is 0. The SMILES string of the molecule is CCCn1ccnc1COS(=O)(=O)C(F)(F)F. The second kappa shape index (κ2) is 5.05. The normalized spacial score (nSPS) is 12.9. The zero-order valence-electron chi connectivity index (χ0n) is 8.94. The predicted octanol–water partition coefficient (Wildman–Crippen LogP) is 1.66. The van der Waals surface area contributed by atoms with Crippen molar-refractivity contribution in [2.75, 3.05) is 0 Å². The molecule has 0 N–H and O–H groups in total. The van der Waals surface area contributed by atoms with E-state index in [9.17, 15) is 21.6 Å². The number of aromatic nitrogens is 2. The van der Waals surface area contributed by atoms with Crippen LogP contribution in [0, 0.1) is 0 Å². The topological polar surface area (TPSA) is 61.2 Å². The first-order valence-electron chi connectivity index (χ1n) is 4.73. The Labute approximate surface area is 96.3 Å². The number of rotatable bonds is 5. The molecule has 0 bridgehead atoms. The summed E-state index contributed by atoms with van der Waals surface area (Å²) in [6, 6.07) is 0. The van der Waals surface area contributed by atoms with Gasteiger partial charge in [0.05, 0.1) is 0 Å². The van der Waals surface area contributed by atoms with Crippen molar-refractivity contribution < 1.29 is 25.8 Å². The maximum absolute atomic E-state index is 12.0. The molecule has 98 valence electrons. The van der Waals surface area contributed by atoms with E-state index in [0.29, 0.717) is 6.54 Å². The van der Waals surface area contributed by atoms with Gasteiger partial charge in [0.2, 0.25) is 0 Å². The van der Waals surface area contributed by atoms with Crippen LogP contribution in [0.15, 0.2) is 12.4 Å². The molecule has 0 aliphatic rings. The number of imidazole rings is 1. The molecule has 17 heavy (non-hydrogen) atoms. The summed E-state index contributed by atoms with van der Waals surface area (Å²) in [5, 5.41) is 0. The third-order valence-electron chi connectivity index (χ3n) is 1.89. The third kappa shape index (κ3) is 3.43. The number of alkyl halides is 3. The van der Waals surface area contributed by atoms with Crippen LogP contribution in [0.3, 0.4) is 0 Å². The lowest BCUT2D eigenvalue weighted by Gasteiger charge is -2.09. The van der Waals surface area contributed by atoms with Gasteiger partial charge in [0.15, 0.2) is 0 Å². The highest BCUT2D eigenvalue weighted by atomic mass is 32.2. The molecule has 0 atom stereocenters. The van der Waals surface area contributed by atoms with E-state index in [0.717, 1.165) is 6.42 Å². The Morgan fingerprint density at radius 1 is 1.47 bits per heavy atom. The lowest BCUT2D eigenvalue weighted by molar-refractivity contribution is -0.0549. The van der Waals surface area contributed by atoms with Gasteiger partial charge in [0, 0.05) is 18.9 Å². The van der Waals surface area contributed by atoms with Gasteiger partial charge in [0.1, 0.15) is 12.4 Å². The van der Waals surface area contributed by atoms with Crippen molar-refractivity contribution in [1.82, 2.24) is 9.55 Å². The fourth-order valence-electron chi connectivity index (χ4n) is 1.12. The summed E-state index contributed by atoms with van der Waals surface area (Å²) in [7, 11) is -5.56. The lowest BCUT2D eigenvalue weighted by Crippen LogP contribution is -2.25. The molecule has 0 unspecified atom stereocenters. The molecule has 0 aromatic carbocycles. The summed E-state index contributed by atoms with van der Waals surface area (Å²) in [5.74, 6) is 0.139. The van der Waals surface area contributed by atoms with Gasteiger partial charge in [-0.3, -0.25) is 4.18 Å². The van der Waals surface area contributed by atoms with E-state index in [1.165, 1.54) is 10.8 Å². The van der Waals surface area contributed by atoms with Crippen LogP contribution in [-0.4, -0.2) is 23.5 Å². The van der Waals surface area contributed by atoms with Crippen LogP contribution >= 0.6 is 0 Å². The Kier molecular flexibility index (Phi) is 4.15. The molecule has 5 nitrogen and oxygen atoms in total. The van der Waals surface area contributed by atoms with Crippen LogP contribution in [-0.2, 0) is 27.5 Å². The molecule has 1 rings (SSSR count). The highest BCUT2D eigenvalue weighted by Gasteiger charge is 2.47. The van der Waals surface area contributed by atoms with Crippen molar-refractivity contribution in [2.24, 2.45) is 0 Å². The smallest absolute Gasteiger partial charge is 0.333 e.